The molecular formula is C22H23ClFN3O2. The average Bonchev–Trinajstić information content (AvgIpc) is 2.70. The number of anilines is 1. The molecule has 0 saturated carbocycles. The first-order chi connectivity index (χ1) is 14.0. The molecule has 0 radical (unpaired) electrons. The quantitative estimate of drug-likeness (QED) is 0.724. The lowest BCUT2D eigenvalue weighted by molar-refractivity contribution is -0.0344. The van der Waals surface area contributed by atoms with Crippen LogP contribution < -0.4 is 10.6 Å². The fourth-order valence-electron chi connectivity index (χ4n) is 3.42. The molecule has 2 aromatic rings. The number of hydrogen-bond acceptors (Lipinski definition) is 3. The van der Waals surface area contributed by atoms with Gasteiger partial charge in [-0.15, -0.1) is 6.42 Å². The van der Waals surface area contributed by atoms with Crippen LogP contribution in [0.2, 0.25) is 5.02 Å². The highest BCUT2D eigenvalue weighted by molar-refractivity contribution is 6.31. The van der Waals surface area contributed by atoms with Gasteiger partial charge >= 0.3 is 6.03 Å². The number of carbonyl (C=O) groups excluding carboxylic acids is 1. The number of terminal acetylenes is 1. The lowest BCUT2D eigenvalue weighted by Crippen LogP contribution is -2.47. The molecule has 2 amide bonds. The van der Waals surface area contributed by atoms with E-state index in [9.17, 15) is 9.18 Å². The van der Waals surface area contributed by atoms with Gasteiger partial charge in [0.15, 0.2) is 0 Å². The van der Waals surface area contributed by atoms with Crippen molar-refractivity contribution in [3.63, 3.8) is 0 Å². The van der Waals surface area contributed by atoms with E-state index in [1.807, 2.05) is 6.92 Å². The van der Waals surface area contributed by atoms with Gasteiger partial charge in [-0.25, -0.2) is 9.18 Å². The predicted molar refractivity (Wildman–Crippen MR) is 113 cm³/mol. The Morgan fingerprint density at radius 1 is 1.41 bits per heavy atom. The van der Waals surface area contributed by atoms with Gasteiger partial charge in [0.05, 0.1) is 18.8 Å². The van der Waals surface area contributed by atoms with Crippen LogP contribution in [0.4, 0.5) is 14.9 Å². The highest BCUT2D eigenvalue weighted by Crippen LogP contribution is 2.31. The van der Waals surface area contributed by atoms with E-state index in [1.54, 1.807) is 36.4 Å². The third-order valence-electron chi connectivity index (χ3n) is 4.79. The molecular weight excluding hydrogens is 393 g/mol. The number of rotatable bonds is 5. The standard InChI is InChI=1S/C22H23ClFN3O2/c1-3-16-6-4-7-17(12-16)26-22(28)25-13-20(27-10-11-29-15(2)14-27)21-18(23)8-5-9-19(21)24/h1,4-9,12,15,20H,10-11,13-14H2,2H3,(H2,25,26,28)/t15-,20+/m1/s1. The van der Waals surface area contributed by atoms with Crippen molar-refractivity contribution in [1.82, 2.24) is 10.2 Å². The van der Waals surface area contributed by atoms with Crippen LogP contribution in [0.1, 0.15) is 24.1 Å². The lowest BCUT2D eigenvalue weighted by Gasteiger charge is -2.38. The Balaban J connectivity index is 1.74. The van der Waals surface area contributed by atoms with Crippen LogP contribution in [0, 0.1) is 18.2 Å². The third kappa shape index (κ3) is 5.48. The summed E-state index contributed by atoms with van der Waals surface area (Å²) in [4.78, 5) is 14.5. The van der Waals surface area contributed by atoms with Crippen LogP contribution in [-0.4, -0.2) is 43.3 Å². The summed E-state index contributed by atoms with van der Waals surface area (Å²) in [6.45, 7) is 3.92. The number of benzene rings is 2. The number of urea groups is 1. The minimum absolute atomic E-state index is 0.0112. The summed E-state index contributed by atoms with van der Waals surface area (Å²) in [5, 5.41) is 5.90. The van der Waals surface area contributed by atoms with Crippen molar-refractivity contribution in [2.45, 2.75) is 19.1 Å². The van der Waals surface area contributed by atoms with Gasteiger partial charge in [-0.3, -0.25) is 4.90 Å². The van der Waals surface area contributed by atoms with Gasteiger partial charge in [0.25, 0.3) is 0 Å². The zero-order valence-electron chi connectivity index (χ0n) is 16.1. The molecule has 2 atom stereocenters. The minimum atomic E-state index is -0.419. The SMILES string of the molecule is C#Cc1cccc(NC(=O)NC[C@@H](c2c(F)cccc2Cl)N2CCO[C@H](C)C2)c1. The number of nitrogens with zero attached hydrogens (tertiary/aromatic N) is 1. The summed E-state index contributed by atoms with van der Waals surface area (Å²) in [5.74, 6) is 2.13. The molecule has 2 aromatic carbocycles. The molecule has 29 heavy (non-hydrogen) atoms. The van der Waals surface area contributed by atoms with Crippen LogP contribution in [-0.2, 0) is 4.74 Å². The predicted octanol–water partition coefficient (Wildman–Crippen LogP) is 4.04. The van der Waals surface area contributed by atoms with Crippen LogP contribution in [0.25, 0.3) is 0 Å². The summed E-state index contributed by atoms with van der Waals surface area (Å²) >= 11 is 6.31. The van der Waals surface area contributed by atoms with Gasteiger partial charge < -0.3 is 15.4 Å². The second-order valence-electron chi connectivity index (χ2n) is 6.89. The summed E-state index contributed by atoms with van der Waals surface area (Å²) in [7, 11) is 0. The largest absolute Gasteiger partial charge is 0.376 e. The molecule has 0 spiro atoms. The van der Waals surface area contributed by atoms with Crippen LogP contribution in [0.15, 0.2) is 42.5 Å². The first-order valence-electron chi connectivity index (χ1n) is 9.39. The topological polar surface area (TPSA) is 53.6 Å². The molecule has 0 bridgehead atoms. The first-order valence-corrected chi connectivity index (χ1v) is 9.77. The van der Waals surface area contributed by atoms with Crippen molar-refractivity contribution in [2.24, 2.45) is 0 Å². The van der Waals surface area contributed by atoms with Gasteiger partial charge in [-0.1, -0.05) is 29.7 Å². The van der Waals surface area contributed by atoms with Gasteiger partial charge in [0.1, 0.15) is 5.82 Å². The van der Waals surface area contributed by atoms with Gasteiger partial charge in [0, 0.05) is 41.5 Å². The van der Waals surface area contributed by atoms with Gasteiger partial charge in [-0.05, 0) is 37.3 Å². The fourth-order valence-corrected chi connectivity index (χ4v) is 3.71. The molecule has 1 saturated heterocycles. The number of ether oxygens (including phenoxy) is 1. The molecule has 1 aliphatic rings. The van der Waals surface area contributed by atoms with E-state index in [0.29, 0.717) is 41.5 Å². The Labute approximate surface area is 175 Å². The van der Waals surface area contributed by atoms with Crippen LogP contribution in [0.5, 0.6) is 0 Å². The highest BCUT2D eigenvalue weighted by atomic mass is 35.5. The highest BCUT2D eigenvalue weighted by Gasteiger charge is 2.29. The number of morpholine rings is 1. The molecule has 0 unspecified atom stereocenters. The van der Waals surface area contributed by atoms with Crippen LogP contribution in [0.3, 0.4) is 0 Å². The molecule has 7 heteroatoms. The maximum atomic E-state index is 14.6. The molecule has 1 aliphatic heterocycles. The summed E-state index contributed by atoms with van der Waals surface area (Å²) in [5.41, 5.74) is 1.62. The van der Waals surface area contributed by atoms with Crippen molar-refractivity contribution in [3.05, 3.63) is 64.4 Å². The van der Waals surface area contributed by atoms with E-state index in [1.165, 1.54) is 6.07 Å². The summed E-state index contributed by atoms with van der Waals surface area (Å²) in [6, 6.07) is 10.8. The number of hydrogen-bond donors (Lipinski definition) is 2. The monoisotopic (exact) mass is 415 g/mol. The second kappa shape index (κ2) is 9.75. The Morgan fingerprint density at radius 2 is 2.21 bits per heavy atom. The van der Waals surface area contributed by atoms with E-state index < -0.39 is 17.9 Å². The van der Waals surface area contributed by atoms with E-state index in [4.69, 9.17) is 22.8 Å². The average molecular weight is 416 g/mol. The van der Waals surface area contributed by atoms with E-state index >= 15 is 0 Å². The van der Waals surface area contributed by atoms with E-state index in [0.717, 1.165) is 0 Å². The Bertz CT molecular complexity index is 895. The number of amides is 2. The third-order valence-corrected chi connectivity index (χ3v) is 5.12. The van der Waals surface area contributed by atoms with Crippen LogP contribution >= 0.6 is 11.6 Å². The number of nitrogens with one attached hydrogen (secondary N) is 2. The maximum Gasteiger partial charge on any atom is 0.319 e. The molecule has 152 valence electrons. The normalized spacial score (nSPS) is 17.9. The minimum Gasteiger partial charge on any atom is -0.376 e. The molecule has 1 heterocycles. The zero-order chi connectivity index (χ0) is 20.8. The van der Waals surface area contributed by atoms with Crippen molar-refractivity contribution in [2.75, 3.05) is 31.6 Å². The van der Waals surface area contributed by atoms with Gasteiger partial charge in [0.2, 0.25) is 0 Å². The lowest BCUT2D eigenvalue weighted by atomic mass is 10.0. The molecule has 0 aliphatic carbocycles. The Morgan fingerprint density at radius 3 is 2.93 bits per heavy atom. The molecule has 2 N–H and O–H groups in total. The zero-order valence-corrected chi connectivity index (χ0v) is 16.9. The molecule has 3 rings (SSSR count). The summed E-state index contributed by atoms with van der Waals surface area (Å²) < 4.78 is 20.2. The van der Waals surface area contributed by atoms with Gasteiger partial charge in [-0.2, -0.15) is 0 Å². The number of halogens is 2. The fraction of sp³-hybridized carbons (Fsp3) is 0.318. The van der Waals surface area contributed by atoms with Crippen molar-refractivity contribution in [3.8, 4) is 12.3 Å². The van der Waals surface area contributed by atoms with E-state index in [-0.39, 0.29) is 12.6 Å². The number of carbonyl (C=O) groups is 1. The Kier molecular flexibility index (Phi) is 7.10. The summed E-state index contributed by atoms with van der Waals surface area (Å²) in [6.07, 6.45) is 5.40. The molecule has 0 aromatic heterocycles. The molecule has 1 fully saturated rings. The first kappa shape index (κ1) is 21.1. The van der Waals surface area contributed by atoms with Crippen molar-refractivity contribution in [1.29, 1.82) is 0 Å². The second-order valence-corrected chi connectivity index (χ2v) is 7.29. The van der Waals surface area contributed by atoms with E-state index in [2.05, 4.69) is 21.5 Å². The Hall–Kier alpha value is -2.59. The maximum absolute atomic E-state index is 14.6. The molecule has 5 nitrogen and oxygen atoms in total. The smallest absolute Gasteiger partial charge is 0.319 e. The van der Waals surface area contributed by atoms with Crippen molar-refractivity contribution < 1.29 is 13.9 Å². The van der Waals surface area contributed by atoms with Crippen molar-refractivity contribution >= 4 is 23.3 Å².